The van der Waals surface area contributed by atoms with Crippen LogP contribution in [0.5, 0.6) is 0 Å². The molecule has 0 saturated heterocycles. The highest BCUT2D eigenvalue weighted by Gasteiger charge is 2.64. The molecule has 3 fully saturated rings. The normalized spacial score (nSPS) is 45.2. The summed E-state index contributed by atoms with van der Waals surface area (Å²) in [7, 11) is 0. The lowest BCUT2D eigenvalue weighted by atomic mass is 9.55. The van der Waals surface area contributed by atoms with E-state index in [2.05, 4.69) is 39.0 Å². The summed E-state index contributed by atoms with van der Waals surface area (Å²) in [6.07, 6.45) is 18.8. The van der Waals surface area contributed by atoms with Gasteiger partial charge in [0.05, 0.1) is 11.6 Å². The molecule has 0 amide bonds. The topological polar surface area (TPSA) is 48.9 Å². The van der Waals surface area contributed by atoms with Gasteiger partial charge in [0, 0.05) is 17.9 Å². The monoisotopic (exact) mass is 435 g/mol. The van der Waals surface area contributed by atoms with E-state index in [1.54, 1.807) is 10.1 Å². The number of allylic oxidation sites excluding steroid dienone is 4. The van der Waals surface area contributed by atoms with E-state index in [9.17, 15) is 9.59 Å². The second-order valence-corrected chi connectivity index (χ2v) is 12.6. The zero-order chi connectivity index (χ0) is 22.0. The average Bonchev–Trinajstić information content (AvgIpc) is 3.22. The Hall–Kier alpha value is -1.78. The van der Waals surface area contributed by atoms with E-state index in [1.165, 1.54) is 38.5 Å². The molecule has 2 aliphatic heterocycles. The second kappa shape index (κ2) is 6.01. The molecule has 32 heavy (non-hydrogen) atoms. The Balaban J connectivity index is 1.42. The Morgan fingerprint density at radius 1 is 0.969 bits per heavy atom. The van der Waals surface area contributed by atoms with Crippen molar-refractivity contribution in [1.82, 2.24) is 13.9 Å². The summed E-state index contributed by atoms with van der Waals surface area (Å²) in [5.41, 5.74) is 1.34. The van der Waals surface area contributed by atoms with E-state index < -0.39 is 0 Å². The number of hydrogen-bond donors (Lipinski definition) is 0. The van der Waals surface area contributed by atoms with E-state index in [0.29, 0.717) is 17.8 Å². The first-order valence-corrected chi connectivity index (χ1v) is 13.2. The number of nitrogens with zero attached hydrogens (tertiary/aromatic N) is 3. The molecule has 3 saturated carbocycles. The van der Waals surface area contributed by atoms with Crippen molar-refractivity contribution >= 4 is 0 Å². The molecule has 0 aromatic carbocycles. The van der Waals surface area contributed by atoms with Crippen molar-refractivity contribution < 1.29 is 0 Å². The highest BCUT2D eigenvalue weighted by atomic mass is 16.2. The lowest BCUT2D eigenvalue weighted by Crippen LogP contribution is -2.62. The van der Waals surface area contributed by atoms with Crippen LogP contribution in [0.15, 0.2) is 33.4 Å². The lowest BCUT2D eigenvalue weighted by molar-refractivity contribution is 0.0306. The maximum absolute atomic E-state index is 14.2. The highest BCUT2D eigenvalue weighted by Crippen LogP contribution is 2.69. The van der Waals surface area contributed by atoms with Crippen LogP contribution >= 0.6 is 0 Å². The van der Waals surface area contributed by atoms with Crippen molar-refractivity contribution in [2.24, 2.45) is 28.6 Å². The Morgan fingerprint density at radius 2 is 1.75 bits per heavy atom. The minimum absolute atomic E-state index is 0.00872. The molecule has 4 bridgehead atoms. The van der Waals surface area contributed by atoms with Crippen LogP contribution in [0.4, 0.5) is 0 Å². The molecule has 5 aliphatic carbocycles. The number of hydrogen-bond acceptors (Lipinski definition) is 2. The van der Waals surface area contributed by atoms with Gasteiger partial charge in [0.1, 0.15) is 0 Å². The summed E-state index contributed by atoms with van der Waals surface area (Å²) >= 11 is 0. The van der Waals surface area contributed by atoms with Gasteiger partial charge in [-0.1, -0.05) is 70.3 Å². The molecular weight excluding hydrogens is 398 g/mol. The number of rotatable bonds is 1. The Kier molecular flexibility index (Phi) is 3.69. The van der Waals surface area contributed by atoms with Gasteiger partial charge in [-0.15, -0.1) is 0 Å². The standard InChI is InChI=1S/C27H37N3O2/c1-25(2)18-10-13-26(25,3)21(16-18)28-23(31)29-20-11-14-27(30(29)24(28)32)12-8-6-4-5-7-9-17-15-19(20)22(17)27/h11,14-15,18-22H,4-10,12-13,16H2,1-3H3/t18-,19+,20-,21+,22+,26-,27+/m0/s1. The van der Waals surface area contributed by atoms with Crippen molar-refractivity contribution in [3.05, 3.63) is 44.8 Å². The van der Waals surface area contributed by atoms with Crippen LogP contribution in [0.2, 0.25) is 0 Å². The molecule has 1 aromatic heterocycles. The summed E-state index contributed by atoms with van der Waals surface area (Å²) < 4.78 is 5.59. The van der Waals surface area contributed by atoms with Gasteiger partial charge < -0.3 is 0 Å². The Bertz CT molecular complexity index is 1180. The van der Waals surface area contributed by atoms with Gasteiger partial charge in [-0.3, -0.25) is 0 Å². The fourth-order valence-corrected chi connectivity index (χ4v) is 9.25. The van der Waals surface area contributed by atoms with E-state index in [1.807, 2.05) is 9.36 Å². The number of fused-ring (bicyclic) bond motifs is 2. The molecule has 5 heteroatoms. The maximum Gasteiger partial charge on any atom is 0.348 e. The quantitative estimate of drug-likeness (QED) is 0.587. The minimum atomic E-state index is -0.337. The maximum atomic E-state index is 14.2. The van der Waals surface area contributed by atoms with Crippen molar-refractivity contribution in [3.8, 4) is 0 Å². The van der Waals surface area contributed by atoms with Crippen LogP contribution in [-0.2, 0) is 5.54 Å². The molecule has 172 valence electrons. The third-order valence-corrected chi connectivity index (χ3v) is 11.5. The van der Waals surface area contributed by atoms with Crippen molar-refractivity contribution in [2.45, 2.75) is 103 Å². The number of aromatic nitrogens is 3. The molecule has 3 heterocycles. The second-order valence-electron chi connectivity index (χ2n) is 12.6. The van der Waals surface area contributed by atoms with Crippen LogP contribution in [0, 0.1) is 28.6 Å². The van der Waals surface area contributed by atoms with Gasteiger partial charge in [0.2, 0.25) is 0 Å². The van der Waals surface area contributed by atoms with Gasteiger partial charge in [0.25, 0.3) is 0 Å². The van der Waals surface area contributed by atoms with Gasteiger partial charge in [-0.05, 0) is 55.3 Å². The molecule has 0 N–H and O–H groups in total. The predicted molar refractivity (Wildman–Crippen MR) is 125 cm³/mol. The van der Waals surface area contributed by atoms with Crippen LogP contribution in [0.3, 0.4) is 0 Å². The molecule has 7 aliphatic rings. The summed E-state index contributed by atoms with van der Waals surface area (Å²) in [5, 5.41) is 0. The molecule has 7 atom stereocenters. The molecule has 8 rings (SSSR count). The molecule has 1 spiro atoms. The fourth-order valence-electron chi connectivity index (χ4n) is 9.25. The van der Waals surface area contributed by atoms with E-state index >= 15 is 0 Å². The third kappa shape index (κ3) is 2.00. The van der Waals surface area contributed by atoms with Crippen molar-refractivity contribution in [3.63, 3.8) is 0 Å². The zero-order valence-electron chi connectivity index (χ0n) is 19.8. The SMILES string of the molecule is CC1(C)[C@H]2CC[C@@]1(C)[C@H](n1c(=O)n3n(c1=O)[C@@]14C=C[C@H]3[C@H]3C=C(CCCCCCC1)[C@H]34)C2. The lowest BCUT2D eigenvalue weighted by Gasteiger charge is -2.58. The summed E-state index contributed by atoms with van der Waals surface area (Å²) in [4.78, 5) is 28.2. The zero-order valence-corrected chi connectivity index (χ0v) is 19.8. The average molecular weight is 436 g/mol. The largest absolute Gasteiger partial charge is 0.348 e. The van der Waals surface area contributed by atoms with Gasteiger partial charge in [-0.25, -0.2) is 23.5 Å². The van der Waals surface area contributed by atoms with Crippen LogP contribution < -0.4 is 11.4 Å². The van der Waals surface area contributed by atoms with E-state index in [-0.39, 0.29) is 39.8 Å². The van der Waals surface area contributed by atoms with Crippen LogP contribution in [0.1, 0.15) is 97.1 Å². The molecule has 5 nitrogen and oxygen atoms in total. The van der Waals surface area contributed by atoms with Crippen molar-refractivity contribution in [2.75, 3.05) is 0 Å². The molecular formula is C27H37N3O2. The first-order chi connectivity index (χ1) is 15.3. The van der Waals surface area contributed by atoms with Gasteiger partial charge in [-0.2, -0.15) is 0 Å². The van der Waals surface area contributed by atoms with Gasteiger partial charge in [0.15, 0.2) is 0 Å². The molecule has 0 radical (unpaired) electrons. The van der Waals surface area contributed by atoms with E-state index in [4.69, 9.17) is 0 Å². The highest BCUT2D eigenvalue weighted by molar-refractivity contribution is 5.38. The van der Waals surface area contributed by atoms with Crippen LogP contribution in [-0.4, -0.2) is 13.9 Å². The Morgan fingerprint density at radius 3 is 2.50 bits per heavy atom. The molecule has 0 unspecified atom stereocenters. The van der Waals surface area contributed by atoms with E-state index in [0.717, 1.165) is 25.7 Å². The molecule has 1 aromatic rings. The Labute approximate surface area is 190 Å². The summed E-state index contributed by atoms with van der Waals surface area (Å²) in [5.74, 6) is 1.40. The third-order valence-electron chi connectivity index (χ3n) is 11.5. The van der Waals surface area contributed by atoms with Gasteiger partial charge >= 0.3 is 11.4 Å². The van der Waals surface area contributed by atoms with Crippen molar-refractivity contribution in [1.29, 1.82) is 0 Å². The summed E-state index contributed by atoms with van der Waals surface area (Å²) in [6, 6.07) is 0.0386. The fraction of sp³-hybridized carbons (Fsp3) is 0.778. The summed E-state index contributed by atoms with van der Waals surface area (Å²) in [6.45, 7) is 7.08. The smallest absolute Gasteiger partial charge is 0.246 e. The predicted octanol–water partition coefficient (Wildman–Crippen LogP) is 4.94. The first kappa shape index (κ1) is 19.7. The first-order valence-electron chi connectivity index (χ1n) is 13.2. The minimum Gasteiger partial charge on any atom is -0.246 e. The van der Waals surface area contributed by atoms with Crippen LogP contribution in [0.25, 0.3) is 0 Å².